The molecule has 2 aliphatic rings. The maximum atomic E-state index is 12.5. The van der Waals surface area contributed by atoms with Crippen LogP contribution in [0.15, 0.2) is 6.07 Å². The molecule has 1 unspecified atom stereocenters. The predicted octanol–water partition coefficient (Wildman–Crippen LogP) is 2.30. The van der Waals surface area contributed by atoms with E-state index in [-0.39, 0.29) is 24.3 Å². The number of carbonyl (C=O) groups is 2. The molecule has 1 aromatic rings. The lowest BCUT2D eigenvalue weighted by molar-refractivity contribution is -0.117. The van der Waals surface area contributed by atoms with Crippen molar-refractivity contribution in [2.75, 3.05) is 11.9 Å². The Hall–Kier alpha value is -1.40. The number of aliphatic hydroxyl groups is 1. The summed E-state index contributed by atoms with van der Waals surface area (Å²) in [6.45, 7) is 3.70. The summed E-state index contributed by atoms with van der Waals surface area (Å²) in [5.41, 5.74) is 0.301. The Kier molecular flexibility index (Phi) is 3.99. The van der Waals surface area contributed by atoms with Gasteiger partial charge in [-0.1, -0.05) is 0 Å². The van der Waals surface area contributed by atoms with Gasteiger partial charge in [-0.2, -0.15) is 0 Å². The van der Waals surface area contributed by atoms with Gasteiger partial charge in [-0.15, -0.1) is 11.3 Å². The van der Waals surface area contributed by atoms with Crippen LogP contribution in [0.5, 0.6) is 0 Å². The van der Waals surface area contributed by atoms with Crippen LogP contribution in [0.1, 0.15) is 47.8 Å². The molecule has 2 aliphatic carbocycles. The minimum Gasteiger partial charge on any atom is -0.394 e. The minimum absolute atomic E-state index is 0.0476. The lowest BCUT2D eigenvalue weighted by Gasteiger charge is -2.28. The molecule has 1 heterocycles. The molecule has 2 fully saturated rings. The zero-order valence-electron chi connectivity index (χ0n) is 12.9. The fourth-order valence-electron chi connectivity index (χ4n) is 2.65. The van der Waals surface area contributed by atoms with Crippen LogP contribution >= 0.6 is 11.3 Å². The smallest absolute Gasteiger partial charge is 0.262 e. The molecule has 0 bridgehead atoms. The summed E-state index contributed by atoms with van der Waals surface area (Å²) in [4.78, 5) is 24.9. The number of aryl methyl sites for hydroxylation is 1. The van der Waals surface area contributed by atoms with E-state index in [4.69, 9.17) is 0 Å². The van der Waals surface area contributed by atoms with Crippen molar-refractivity contribution in [3.63, 3.8) is 0 Å². The van der Waals surface area contributed by atoms with E-state index in [1.807, 2.05) is 19.9 Å². The van der Waals surface area contributed by atoms with E-state index in [1.54, 1.807) is 0 Å². The molecule has 120 valence electrons. The Morgan fingerprint density at radius 3 is 2.59 bits per heavy atom. The topological polar surface area (TPSA) is 78.4 Å². The number of aliphatic hydroxyl groups excluding tert-OH is 1. The number of nitrogens with one attached hydrogen (secondary N) is 2. The molecule has 2 saturated carbocycles. The Bertz CT molecular complexity index is 605. The maximum absolute atomic E-state index is 12.5. The summed E-state index contributed by atoms with van der Waals surface area (Å²) in [6, 6.07) is 1.84. The molecule has 0 radical (unpaired) electrons. The van der Waals surface area contributed by atoms with Gasteiger partial charge >= 0.3 is 0 Å². The average molecular weight is 322 g/mol. The molecule has 5 nitrogen and oxygen atoms in total. The van der Waals surface area contributed by atoms with Gasteiger partial charge < -0.3 is 15.7 Å². The summed E-state index contributed by atoms with van der Waals surface area (Å²) < 4.78 is 0. The fourth-order valence-corrected chi connectivity index (χ4v) is 3.62. The average Bonchev–Trinajstić information content (AvgIpc) is 3.36. The van der Waals surface area contributed by atoms with Gasteiger partial charge in [-0.3, -0.25) is 9.59 Å². The fraction of sp³-hybridized carbons (Fsp3) is 0.625. The van der Waals surface area contributed by atoms with Crippen LogP contribution in [0.2, 0.25) is 0 Å². The first-order valence-electron chi connectivity index (χ1n) is 7.77. The third kappa shape index (κ3) is 3.17. The lowest BCUT2D eigenvalue weighted by atomic mass is 9.97. The van der Waals surface area contributed by atoms with Crippen molar-refractivity contribution < 1.29 is 14.7 Å². The highest BCUT2D eigenvalue weighted by Gasteiger charge is 2.42. The molecule has 0 spiro atoms. The normalized spacial score (nSPS) is 20.3. The second kappa shape index (κ2) is 5.66. The molecule has 0 saturated heterocycles. The molecule has 3 rings (SSSR count). The molecule has 6 heteroatoms. The number of thiophene rings is 1. The van der Waals surface area contributed by atoms with Crippen LogP contribution in [0, 0.1) is 18.8 Å². The van der Waals surface area contributed by atoms with Gasteiger partial charge in [0.05, 0.1) is 22.0 Å². The predicted molar refractivity (Wildman–Crippen MR) is 86.1 cm³/mol. The molecule has 22 heavy (non-hydrogen) atoms. The number of anilines is 1. The lowest BCUT2D eigenvalue weighted by Crippen LogP contribution is -2.50. The molecular weight excluding hydrogens is 300 g/mol. The summed E-state index contributed by atoms with van der Waals surface area (Å²) >= 11 is 1.30. The zero-order valence-corrected chi connectivity index (χ0v) is 13.8. The standard InChI is InChI=1S/C16H22N2O3S/c1-9-7-12(17-14(20)10-3-4-10)22-13(9)15(21)18-16(2,8-19)11-5-6-11/h7,10-11,19H,3-6,8H2,1-2H3,(H,17,20)(H,18,21). The highest BCUT2D eigenvalue weighted by atomic mass is 32.1. The first-order chi connectivity index (χ1) is 10.4. The zero-order chi connectivity index (χ0) is 15.9. The third-order valence-electron chi connectivity index (χ3n) is 4.52. The van der Waals surface area contributed by atoms with Gasteiger partial charge in [0.15, 0.2) is 0 Å². The largest absolute Gasteiger partial charge is 0.394 e. The van der Waals surface area contributed by atoms with Crippen molar-refractivity contribution in [2.24, 2.45) is 11.8 Å². The summed E-state index contributed by atoms with van der Waals surface area (Å²) in [6.07, 6.45) is 4.01. The minimum atomic E-state index is -0.551. The van der Waals surface area contributed by atoms with Gasteiger partial charge in [0.2, 0.25) is 5.91 Å². The number of amides is 2. The molecule has 1 atom stereocenters. The highest BCUT2D eigenvalue weighted by molar-refractivity contribution is 7.18. The monoisotopic (exact) mass is 322 g/mol. The molecule has 0 aromatic carbocycles. The second-order valence-corrected chi connectivity index (χ2v) is 7.74. The van der Waals surface area contributed by atoms with Crippen molar-refractivity contribution in [1.29, 1.82) is 0 Å². The molecular formula is C16H22N2O3S. The van der Waals surface area contributed by atoms with Crippen LogP contribution in [0.25, 0.3) is 0 Å². The Morgan fingerprint density at radius 1 is 1.36 bits per heavy atom. The molecule has 2 amide bonds. The van der Waals surface area contributed by atoms with Gasteiger partial charge in [0.25, 0.3) is 5.91 Å². The second-order valence-electron chi connectivity index (χ2n) is 6.69. The van der Waals surface area contributed by atoms with Crippen molar-refractivity contribution >= 4 is 28.2 Å². The number of carbonyl (C=O) groups excluding carboxylic acids is 2. The van der Waals surface area contributed by atoms with E-state index in [9.17, 15) is 14.7 Å². The maximum Gasteiger partial charge on any atom is 0.262 e. The van der Waals surface area contributed by atoms with Crippen LogP contribution in [0.3, 0.4) is 0 Å². The van der Waals surface area contributed by atoms with E-state index in [0.29, 0.717) is 10.8 Å². The Labute approximate surface area is 134 Å². The first-order valence-corrected chi connectivity index (χ1v) is 8.59. The van der Waals surface area contributed by atoms with E-state index in [2.05, 4.69) is 10.6 Å². The summed E-state index contributed by atoms with van der Waals surface area (Å²) in [5.74, 6) is 0.382. The first kappa shape index (κ1) is 15.5. The summed E-state index contributed by atoms with van der Waals surface area (Å²) in [7, 11) is 0. The van der Waals surface area contributed by atoms with E-state index in [0.717, 1.165) is 36.2 Å². The molecule has 3 N–H and O–H groups in total. The highest BCUT2D eigenvalue weighted by Crippen LogP contribution is 2.40. The summed E-state index contributed by atoms with van der Waals surface area (Å²) in [5, 5.41) is 16.2. The van der Waals surface area contributed by atoms with E-state index in [1.165, 1.54) is 11.3 Å². The SMILES string of the molecule is Cc1cc(NC(=O)C2CC2)sc1C(=O)NC(C)(CO)C1CC1. The van der Waals surface area contributed by atoms with Gasteiger partial charge in [-0.05, 0) is 57.1 Å². The molecule has 1 aromatic heterocycles. The Morgan fingerprint density at radius 2 is 2.05 bits per heavy atom. The van der Waals surface area contributed by atoms with Gasteiger partial charge in [0.1, 0.15) is 0 Å². The quantitative estimate of drug-likeness (QED) is 0.752. The molecule has 0 aliphatic heterocycles. The van der Waals surface area contributed by atoms with Crippen molar-refractivity contribution in [2.45, 2.75) is 45.1 Å². The number of hydrogen-bond acceptors (Lipinski definition) is 4. The van der Waals surface area contributed by atoms with Crippen LogP contribution < -0.4 is 10.6 Å². The number of hydrogen-bond donors (Lipinski definition) is 3. The van der Waals surface area contributed by atoms with Crippen LogP contribution in [0.4, 0.5) is 5.00 Å². The Balaban J connectivity index is 1.69. The third-order valence-corrected chi connectivity index (χ3v) is 5.68. The van der Waals surface area contributed by atoms with E-state index < -0.39 is 5.54 Å². The van der Waals surface area contributed by atoms with Crippen molar-refractivity contribution in [1.82, 2.24) is 5.32 Å². The van der Waals surface area contributed by atoms with Gasteiger partial charge in [-0.25, -0.2) is 0 Å². The van der Waals surface area contributed by atoms with Crippen LogP contribution in [-0.2, 0) is 4.79 Å². The number of rotatable bonds is 6. The van der Waals surface area contributed by atoms with E-state index >= 15 is 0 Å². The van der Waals surface area contributed by atoms with Gasteiger partial charge in [0, 0.05) is 5.92 Å². The van der Waals surface area contributed by atoms with Crippen molar-refractivity contribution in [3.05, 3.63) is 16.5 Å². The van der Waals surface area contributed by atoms with Crippen molar-refractivity contribution in [3.8, 4) is 0 Å². The van der Waals surface area contributed by atoms with Crippen LogP contribution in [-0.4, -0.2) is 29.1 Å².